The van der Waals surface area contributed by atoms with Gasteiger partial charge in [-0.25, -0.2) is 26.7 Å². The molecule has 1 aliphatic rings. The number of carbonyl (C=O) groups is 1. The van der Waals surface area contributed by atoms with Crippen molar-refractivity contribution in [1.29, 1.82) is 0 Å². The highest BCUT2D eigenvalue weighted by Crippen LogP contribution is 2.46. The van der Waals surface area contributed by atoms with Crippen LogP contribution in [-0.2, 0) is 11.2 Å². The van der Waals surface area contributed by atoms with Crippen LogP contribution in [0.5, 0.6) is 0 Å². The third-order valence-corrected chi connectivity index (χ3v) is 3.18. The molecular weight excluding hydrogens is 311 g/mol. The van der Waals surface area contributed by atoms with Crippen molar-refractivity contribution >= 4 is 6.16 Å². The Morgan fingerprint density at radius 1 is 1.14 bits per heavy atom. The van der Waals surface area contributed by atoms with Crippen LogP contribution in [0.3, 0.4) is 0 Å². The molecular formula is C14H9F5O3. The number of hydrogen-bond acceptors (Lipinski definition) is 2. The van der Waals surface area contributed by atoms with Crippen molar-refractivity contribution in [1.82, 2.24) is 0 Å². The van der Waals surface area contributed by atoms with E-state index in [1.165, 1.54) is 24.3 Å². The standard InChI is InChI=1S/C14H9F5O3/c15-8-9(16)11(18)14(22-13(20)21,12(19)10(8)17)6-7-4-2-1-3-5-7/h1-5,11H,6H2,(H,20,21). The van der Waals surface area contributed by atoms with E-state index in [1.807, 2.05) is 0 Å². The molecule has 0 aliphatic heterocycles. The highest BCUT2D eigenvalue weighted by atomic mass is 19.2. The zero-order valence-electron chi connectivity index (χ0n) is 10.8. The van der Waals surface area contributed by atoms with Gasteiger partial charge in [-0.05, 0) is 5.56 Å². The largest absolute Gasteiger partial charge is 0.506 e. The molecule has 2 unspecified atom stereocenters. The van der Waals surface area contributed by atoms with Crippen molar-refractivity contribution in [3.8, 4) is 0 Å². The van der Waals surface area contributed by atoms with Gasteiger partial charge in [-0.1, -0.05) is 30.3 Å². The molecule has 0 aromatic heterocycles. The van der Waals surface area contributed by atoms with E-state index < -0.39 is 47.7 Å². The van der Waals surface area contributed by atoms with E-state index in [0.29, 0.717) is 0 Å². The van der Waals surface area contributed by atoms with E-state index in [9.17, 15) is 26.7 Å². The molecule has 1 aromatic rings. The average molecular weight is 320 g/mol. The number of ether oxygens (including phenoxy) is 1. The Morgan fingerprint density at radius 3 is 2.27 bits per heavy atom. The van der Waals surface area contributed by atoms with E-state index in [2.05, 4.69) is 4.74 Å². The predicted octanol–water partition coefficient (Wildman–Crippen LogP) is 4.32. The van der Waals surface area contributed by atoms with Crippen molar-refractivity contribution in [2.75, 3.05) is 0 Å². The number of halogens is 5. The molecule has 0 heterocycles. The molecule has 1 aliphatic carbocycles. The summed E-state index contributed by atoms with van der Waals surface area (Å²) in [7, 11) is 0. The Bertz CT molecular complexity index is 656. The Kier molecular flexibility index (Phi) is 4.20. The molecule has 0 spiro atoms. The highest BCUT2D eigenvalue weighted by Gasteiger charge is 2.56. The lowest BCUT2D eigenvalue weighted by Gasteiger charge is -2.35. The first-order valence-corrected chi connectivity index (χ1v) is 6.01. The SMILES string of the molecule is O=C(O)OC1(Cc2ccccc2)C(F)=C(F)C(F)=C(F)C1F. The highest BCUT2D eigenvalue weighted by molar-refractivity contribution is 5.59. The topological polar surface area (TPSA) is 46.5 Å². The molecule has 1 aromatic carbocycles. The van der Waals surface area contributed by atoms with Gasteiger partial charge in [0.25, 0.3) is 0 Å². The first kappa shape index (κ1) is 16.0. The maximum Gasteiger partial charge on any atom is 0.506 e. The third kappa shape index (κ3) is 2.56. The zero-order valence-corrected chi connectivity index (χ0v) is 10.8. The lowest BCUT2D eigenvalue weighted by molar-refractivity contribution is -0.0566. The third-order valence-electron chi connectivity index (χ3n) is 3.18. The van der Waals surface area contributed by atoms with Crippen molar-refractivity contribution in [3.63, 3.8) is 0 Å². The Hall–Kier alpha value is -2.38. The van der Waals surface area contributed by atoms with E-state index in [4.69, 9.17) is 5.11 Å². The van der Waals surface area contributed by atoms with E-state index >= 15 is 0 Å². The molecule has 0 fully saturated rings. The molecule has 22 heavy (non-hydrogen) atoms. The number of alkyl halides is 1. The fraction of sp³-hybridized carbons (Fsp3) is 0.214. The van der Waals surface area contributed by atoms with Gasteiger partial charge in [0, 0.05) is 6.42 Å². The lowest BCUT2D eigenvalue weighted by atomic mass is 9.84. The number of hydrogen-bond donors (Lipinski definition) is 1. The molecule has 118 valence electrons. The first-order valence-electron chi connectivity index (χ1n) is 6.01. The summed E-state index contributed by atoms with van der Waals surface area (Å²) in [5.41, 5.74) is -3.01. The second-order valence-corrected chi connectivity index (χ2v) is 4.57. The van der Waals surface area contributed by atoms with Crippen LogP contribution in [0.25, 0.3) is 0 Å². The van der Waals surface area contributed by atoms with Gasteiger partial charge in [-0.15, -0.1) is 0 Å². The maximum atomic E-state index is 14.1. The van der Waals surface area contributed by atoms with Gasteiger partial charge in [-0.3, -0.25) is 0 Å². The van der Waals surface area contributed by atoms with Crippen LogP contribution in [0.4, 0.5) is 26.7 Å². The summed E-state index contributed by atoms with van der Waals surface area (Å²) >= 11 is 0. The first-order chi connectivity index (χ1) is 10.3. The van der Waals surface area contributed by atoms with Crippen molar-refractivity contribution in [2.24, 2.45) is 0 Å². The van der Waals surface area contributed by atoms with Gasteiger partial charge in [0.1, 0.15) is 0 Å². The van der Waals surface area contributed by atoms with Crippen molar-refractivity contribution in [3.05, 3.63) is 59.2 Å². The minimum atomic E-state index is -3.16. The second kappa shape index (κ2) is 5.78. The van der Waals surface area contributed by atoms with Gasteiger partial charge in [0.2, 0.25) is 11.8 Å². The minimum Gasteiger partial charge on any atom is -0.450 e. The van der Waals surface area contributed by atoms with Gasteiger partial charge in [0.15, 0.2) is 23.3 Å². The second-order valence-electron chi connectivity index (χ2n) is 4.57. The summed E-state index contributed by atoms with van der Waals surface area (Å²) in [6.45, 7) is 0. The normalized spacial score (nSPS) is 25.4. The quantitative estimate of drug-likeness (QED) is 0.666. The smallest absolute Gasteiger partial charge is 0.450 e. The molecule has 0 saturated heterocycles. The van der Waals surface area contributed by atoms with Crippen LogP contribution in [-0.4, -0.2) is 23.0 Å². The fourth-order valence-electron chi connectivity index (χ4n) is 2.17. The summed E-state index contributed by atoms with van der Waals surface area (Å²) in [6.07, 6.45) is -6.15. The Balaban J connectivity index is 2.57. The fourth-order valence-corrected chi connectivity index (χ4v) is 2.17. The molecule has 0 radical (unpaired) electrons. The van der Waals surface area contributed by atoms with Gasteiger partial charge < -0.3 is 9.84 Å². The number of benzene rings is 1. The summed E-state index contributed by atoms with van der Waals surface area (Å²) in [6, 6.07) is 7.18. The predicted molar refractivity (Wildman–Crippen MR) is 65.4 cm³/mol. The average Bonchev–Trinajstić information content (AvgIpc) is 2.50. The monoisotopic (exact) mass is 320 g/mol. The van der Waals surface area contributed by atoms with Crippen LogP contribution in [0.1, 0.15) is 5.56 Å². The van der Waals surface area contributed by atoms with Crippen LogP contribution < -0.4 is 0 Å². The van der Waals surface area contributed by atoms with E-state index in [0.717, 1.165) is 0 Å². The number of rotatable bonds is 3. The molecule has 2 rings (SSSR count). The van der Waals surface area contributed by atoms with Crippen LogP contribution in [0.2, 0.25) is 0 Å². The zero-order chi connectivity index (χ0) is 16.5. The lowest BCUT2D eigenvalue weighted by Crippen LogP contribution is -2.49. The Morgan fingerprint density at radius 2 is 1.73 bits per heavy atom. The van der Waals surface area contributed by atoms with Gasteiger partial charge >= 0.3 is 6.16 Å². The van der Waals surface area contributed by atoms with Gasteiger partial charge in [-0.2, -0.15) is 0 Å². The van der Waals surface area contributed by atoms with Crippen LogP contribution >= 0.6 is 0 Å². The van der Waals surface area contributed by atoms with Crippen molar-refractivity contribution in [2.45, 2.75) is 18.2 Å². The van der Waals surface area contributed by atoms with Crippen molar-refractivity contribution < 1.29 is 36.6 Å². The molecule has 0 saturated carbocycles. The molecule has 3 nitrogen and oxygen atoms in total. The molecule has 8 heteroatoms. The maximum absolute atomic E-state index is 14.1. The summed E-state index contributed by atoms with van der Waals surface area (Å²) in [4.78, 5) is 10.7. The Labute approximate surface area is 121 Å². The number of allylic oxidation sites excluding steroid dienone is 2. The van der Waals surface area contributed by atoms with E-state index in [1.54, 1.807) is 6.07 Å². The summed E-state index contributed by atoms with van der Waals surface area (Å²) in [5, 5.41) is 8.65. The van der Waals surface area contributed by atoms with E-state index in [-0.39, 0.29) is 5.56 Å². The van der Waals surface area contributed by atoms with Crippen LogP contribution in [0, 0.1) is 0 Å². The molecule has 2 atom stereocenters. The summed E-state index contributed by atoms with van der Waals surface area (Å²) < 4.78 is 72.3. The minimum absolute atomic E-state index is 0.143. The molecule has 0 amide bonds. The number of carboxylic acid groups (broad SMARTS) is 1. The molecule has 1 N–H and O–H groups in total. The summed E-state index contributed by atoms with van der Waals surface area (Å²) in [5.74, 6) is -9.06. The molecule has 0 bridgehead atoms. The van der Waals surface area contributed by atoms with Crippen LogP contribution in [0.15, 0.2) is 53.6 Å². The van der Waals surface area contributed by atoms with Gasteiger partial charge in [0.05, 0.1) is 0 Å².